The molecular formula is C13H7Cl4NO2. The summed E-state index contributed by atoms with van der Waals surface area (Å²) in [5, 5.41) is 10.2. The molecule has 0 bridgehead atoms. The molecule has 0 amide bonds. The maximum absolute atomic E-state index is 11.0. The Labute approximate surface area is 135 Å². The van der Waals surface area contributed by atoms with Crippen molar-refractivity contribution in [1.29, 1.82) is 0 Å². The van der Waals surface area contributed by atoms with E-state index >= 15 is 0 Å². The van der Waals surface area contributed by atoms with Crippen molar-refractivity contribution in [1.82, 2.24) is 4.98 Å². The van der Waals surface area contributed by atoms with Crippen LogP contribution in [0.4, 0.5) is 0 Å². The van der Waals surface area contributed by atoms with Crippen LogP contribution in [0.2, 0.25) is 20.1 Å². The molecule has 0 radical (unpaired) electrons. The van der Waals surface area contributed by atoms with E-state index in [1.807, 2.05) is 0 Å². The largest absolute Gasteiger partial charge is 0.481 e. The minimum atomic E-state index is -1.01. The van der Waals surface area contributed by atoms with Crippen LogP contribution in [0, 0.1) is 0 Å². The molecule has 20 heavy (non-hydrogen) atoms. The molecule has 7 heteroatoms. The first kappa shape index (κ1) is 15.4. The number of benzene rings is 1. The van der Waals surface area contributed by atoms with E-state index in [2.05, 4.69) is 4.98 Å². The van der Waals surface area contributed by atoms with E-state index in [1.54, 1.807) is 0 Å². The van der Waals surface area contributed by atoms with E-state index in [0.29, 0.717) is 31.8 Å². The summed E-state index contributed by atoms with van der Waals surface area (Å²) in [4.78, 5) is 14.9. The third-order valence-corrected chi connectivity index (χ3v) is 3.75. The van der Waals surface area contributed by atoms with Gasteiger partial charge in [-0.2, -0.15) is 0 Å². The van der Waals surface area contributed by atoms with E-state index in [1.165, 1.54) is 24.5 Å². The molecule has 1 heterocycles. The first-order valence-electron chi connectivity index (χ1n) is 5.39. The highest BCUT2D eigenvalue weighted by atomic mass is 35.5. The summed E-state index contributed by atoms with van der Waals surface area (Å²) in [5.74, 6) is -1.01. The Morgan fingerprint density at radius 3 is 2.20 bits per heavy atom. The fourth-order valence-corrected chi connectivity index (χ4v) is 3.05. The fourth-order valence-electron chi connectivity index (χ4n) is 1.81. The van der Waals surface area contributed by atoms with E-state index in [0.717, 1.165) is 0 Å². The number of carboxylic acid groups (broad SMARTS) is 1. The monoisotopic (exact) mass is 349 g/mol. The second-order valence-electron chi connectivity index (χ2n) is 3.96. The number of hydrogen-bond donors (Lipinski definition) is 1. The second-order valence-corrected chi connectivity index (χ2v) is 5.62. The van der Waals surface area contributed by atoms with Crippen LogP contribution >= 0.6 is 46.4 Å². The highest BCUT2D eigenvalue weighted by molar-refractivity contribution is 6.42. The van der Waals surface area contributed by atoms with E-state index in [4.69, 9.17) is 51.5 Å². The maximum Gasteiger partial charge on any atom is 0.307 e. The third kappa shape index (κ3) is 3.18. The number of nitrogens with zero attached hydrogens (tertiary/aromatic N) is 1. The van der Waals surface area contributed by atoms with Crippen molar-refractivity contribution in [2.24, 2.45) is 0 Å². The Morgan fingerprint density at radius 1 is 1.05 bits per heavy atom. The Balaban J connectivity index is 2.70. The number of pyridine rings is 1. The minimum absolute atomic E-state index is 0.243. The smallest absolute Gasteiger partial charge is 0.307 e. The predicted molar refractivity (Wildman–Crippen MR) is 81.1 cm³/mol. The van der Waals surface area contributed by atoms with Crippen LogP contribution in [-0.4, -0.2) is 16.1 Å². The fraction of sp³-hybridized carbons (Fsp3) is 0.0769. The highest BCUT2D eigenvalue weighted by Gasteiger charge is 2.18. The summed E-state index contributed by atoms with van der Waals surface area (Å²) in [6.45, 7) is 0. The average molecular weight is 351 g/mol. The summed E-state index contributed by atoms with van der Waals surface area (Å²) in [6, 6.07) is 3.05. The van der Waals surface area contributed by atoms with Crippen LogP contribution in [0.3, 0.4) is 0 Å². The molecule has 0 aliphatic heterocycles. The van der Waals surface area contributed by atoms with Crippen molar-refractivity contribution < 1.29 is 9.90 Å². The number of hydrogen-bond acceptors (Lipinski definition) is 2. The standard InChI is InChI=1S/C13H7Cl4NO2/c14-6-1-9(15)13(10(16)2-6)8-4-18-5-11(17)7(8)3-12(19)20/h1-2,4-5H,3H2,(H,19,20). The topological polar surface area (TPSA) is 50.2 Å². The molecule has 2 aromatic rings. The lowest BCUT2D eigenvalue weighted by Gasteiger charge is -2.13. The number of carbonyl (C=O) groups is 1. The van der Waals surface area contributed by atoms with Crippen molar-refractivity contribution in [3.63, 3.8) is 0 Å². The van der Waals surface area contributed by atoms with Crippen molar-refractivity contribution in [3.8, 4) is 11.1 Å². The zero-order valence-electron chi connectivity index (χ0n) is 9.83. The number of aliphatic carboxylic acids is 1. The zero-order chi connectivity index (χ0) is 14.9. The molecule has 0 aliphatic carbocycles. The molecule has 0 fully saturated rings. The molecule has 0 unspecified atom stereocenters. The van der Waals surface area contributed by atoms with Crippen LogP contribution < -0.4 is 0 Å². The van der Waals surface area contributed by atoms with E-state index in [-0.39, 0.29) is 11.4 Å². The first-order valence-corrected chi connectivity index (χ1v) is 6.90. The van der Waals surface area contributed by atoms with Gasteiger partial charge in [0.2, 0.25) is 0 Å². The molecule has 1 aromatic carbocycles. The quantitative estimate of drug-likeness (QED) is 0.848. The van der Waals surface area contributed by atoms with Gasteiger partial charge in [0.15, 0.2) is 0 Å². The van der Waals surface area contributed by atoms with Crippen LogP contribution in [0.1, 0.15) is 5.56 Å². The number of rotatable bonds is 3. The van der Waals surface area contributed by atoms with Crippen LogP contribution in [0.25, 0.3) is 11.1 Å². The molecule has 104 valence electrons. The van der Waals surface area contributed by atoms with Gasteiger partial charge >= 0.3 is 5.97 Å². The Bertz CT molecular complexity index is 665. The van der Waals surface area contributed by atoms with Crippen molar-refractivity contribution >= 4 is 52.4 Å². The first-order chi connectivity index (χ1) is 9.40. The lowest BCUT2D eigenvalue weighted by atomic mass is 10.00. The van der Waals surface area contributed by atoms with Crippen molar-refractivity contribution in [3.05, 3.63) is 50.2 Å². The third-order valence-electron chi connectivity index (χ3n) is 2.61. The second kappa shape index (κ2) is 6.19. The molecule has 0 saturated heterocycles. The van der Waals surface area contributed by atoms with Crippen molar-refractivity contribution in [2.75, 3.05) is 0 Å². The summed E-state index contributed by atoms with van der Waals surface area (Å²) >= 11 is 24.2. The molecule has 2 rings (SSSR count). The molecule has 1 aromatic heterocycles. The molecular weight excluding hydrogens is 344 g/mol. The predicted octanol–water partition coefficient (Wildman–Crippen LogP) is 4.99. The zero-order valence-corrected chi connectivity index (χ0v) is 12.9. The molecule has 1 N–H and O–H groups in total. The molecule has 0 spiro atoms. The molecule has 0 saturated carbocycles. The molecule has 3 nitrogen and oxygen atoms in total. The highest BCUT2D eigenvalue weighted by Crippen LogP contribution is 2.40. The number of halogens is 4. The average Bonchev–Trinajstić information content (AvgIpc) is 2.31. The SMILES string of the molecule is O=C(O)Cc1c(Cl)cncc1-c1c(Cl)cc(Cl)cc1Cl. The Morgan fingerprint density at radius 2 is 1.65 bits per heavy atom. The number of aromatic nitrogens is 1. The van der Waals surface area contributed by atoms with Gasteiger partial charge in [0, 0.05) is 28.5 Å². The van der Waals surface area contributed by atoms with Crippen LogP contribution in [0.15, 0.2) is 24.5 Å². The summed E-state index contributed by atoms with van der Waals surface area (Å²) < 4.78 is 0. The Kier molecular flexibility index (Phi) is 4.76. The van der Waals surface area contributed by atoms with Gasteiger partial charge in [-0.1, -0.05) is 46.4 Å². The lowest BCUT2D eigenvalue weighted by molar-refractivity contribution is -0.136. The van der Waals surface area contributed by atoms with Gasteiger partial charge in [-0.25, -0.2) is 0 Å². The van der Waals surface area contributed by atoms with E-state index < -0.39 is 5.97 Å². The number of carboxylic acids is 1. The van der Waals surface area contributed by atoms with Gasteiger partial charge in [-0.05, 0) is 17.7 Å². The summed E-state index contributed by atoms with van der Waals surface area (Å²) in [5.41, 5.74) is 1.34. The van der Waals surface area contributed by atoms with Gasteiger partial charge < -0.3 is 5.11 Å². The normalized spacial score (nSPS) is 10.6. The van der Waals surface area contributed by atoms with Crippen LogP contribution in [0.5, 0.6) is 0 Å². The maximum atomic E-state index is 11.0. The van der Waals surface area contributed by atoms with Gasteiger partial charge in [0.25, 0.3) is 0 Å². The van der Waals surface area contributed by atoms with Crippen LogP contribution in [-0.2, 0) is 11.2 Å². The van der Waals surface area contributed by atoms with E-state index in [9.17, 15) is 4.79 Å². The van der Waals surface area contributed by atoms with Crippen molar-refractivity contribution in [2.45, 2.75) is 6.42 Å². The van der Waals surface area contributed by atoms with Gasteiger partial charge in [-0.15, -0.1) is 0 Å². The minimum Gasteiger partial charge on any atom is -0.481 e. The Hall–Kier alpha value is -1.000. The summed E-state index contributed by atoms with van der Waals surface area (Å²) in [7, 11) is 0. The summed E-state index contributed by atoms with van der Waals surface area (Å²) in [6.07, 6.45) is 2.60. The molecule has 0 aliphatic rings. The lowest BCUT2D eigenvalue weighted by Crippen LogP contribution is -2.03. The molecule has 0 atom stereocenters. The van der Waals surface area contributed by atoms with Gasteiger partial charge in [0.1, 0.15) is 0 Å². The van der Waals surface area contributed by atoms with Gasteiger partial charge in [-0.3, -0.25) is 9.78 Å². The van der Waals surface area contributed by atoms with Gasteiger partial charge in [0.05, 0.1) is 21.5 Å².